The summed E-state index contributed by atoms with van der Waals surface area (Å²) >= 11 is 5.94. The molecule has 6 nitrogen and oxygen atoms in total. The number of piperazine rings is 1. The lowest BCUT2D eigenvalue weighted by molar-refractivity contribution is -0.132. The Bertz CT molecular complexity index is 932. The fourth-order valence-electron chi connectivity index (χ4n) is 4.30. The SMILES string of the molecule is Cc1ccc(N2CCN(C(=O)CN3CCN(Cc4ccc(Cl)cc4)C3=O)C[C@@H]2C)cc1. The van der Waals surface area contributed by atoms with E-state index in [1.54, 1.807) is 9.80 Å². The van der Waals surface area contributed by atoms with Gasteiger partial charge in [0.2, 0.25) is 5.91 Å². The Balaban J connectivity index is 1.30. The number of hydrogen-bond acceptors (Lipinski definition) is 3. The van der Waals surface area contributed by atoms with Gasteiger partial charge < -0.3 is 19.6 Å². The normalized spacial score (nSPS) is 19.3. The molecule has 164 valence electrons. The van der Waals surface area contributed by atoms with Crippen molar-refractivity contribution >= 4 is 29.2 Å². The van der Waals surface area contributed by atoms with Crippen LogP contribution >= 0.6 is 11.6 Å². The summed E-state index contributed by atoms with van der Waals surface area (Å²) in [6.45, 7) is 8.27. The molecule has 0 aromatic heterocycles. The molecule has 0 saturated carbocycles. The fraction of sp³-hybridized carbons (Fsp3) is 0.417. The summed E-state index contributed by atoms with van der Waals surface area (Å²) < 4.78 is 0. The summed E-state index contributed by atoms with van der Waals surface area (Å²) in [5.41, 5.74) is 3.47. The Morgan fingerprint density at radius 1 is 0.968 bits per heavy atom. The second-order valence-electron chi connectivity index (χ2n) is 8.47. The number of rotatable bonds is 5. The van der Waals surface area contributed by atoms with E-state index in [4.69, 9.17) is 11.6 Å². The highest BCUT2D eigenvalue weighted by Crippen LogP contribution is 2.22. The van der Waals surface area contributed by atoms with Crippen LogP contribution < -0.4 is 4.90 Å². The first-order valence-electron chi connectivity index (χ1n) is 10.8. The van der Waals surface area contributed by atoms with Gasteiger partial charge in [-0.1, -0.05) is 41.4 Å². The van der Waals surface area contributed by atoms with Gasteiger partial charge in [-0.15, -0.1) is 0 Å². The van der Waals surface area contributed by atoms with Gasteiger partial charge in [0.15, 0.2) is 0 Å². The molecule has 0 N–H and O–H groups in total. The third kappa shape index (κ3) is 4.96. The van der Waals surface area contributed by atoms with Gasteiger partial charge in [-0.25, -0.2) is 4.79 Å². The van der Waals surface area contributed by atoms with Crippen LogP contribution in [-0.2, 0) is 11.3 Å². The zero-order valence-corrected chi connectivity index (χ0v) is 18.9. The number of urea groups is 1. The van der Waals surface area contributed by atoms with E-state index in [1.807, 2.05) is 29.2 Å². The molecule has 0 radical (unpaired) electrons. The van der Waals surface area contributed by atoms with Crippen molar-refractivity contribution < 1.29 is 9.59 Å². The van der Waals surface area contributed by atoms with E-state index < -0.39 is 0 Å². The molecular formula is C24H29ClN4O2. The molecule has 2 aliphatic rings. The molecule has 0 spiro atoms. The molecule has 1 atom stereocenters. The van der Waals surface area contributed by atoms with Crippen LogP contribution in [0.1, 0.15) is 18.1 Å². The van der Waals surface area contributed by atoms with Crippen LogP contribution in [0.3, 0.4) is 0 Å². The molecule has 31 heavy (non-hydrogen) atoms. The second-order valence-corrected chi connectivity index (χ2v) is 8.91. The first-order chi connectivity index (χ1) is 14.9. The molecule has 2 aliphatic heterocycles. The minimum absolute atomic E-state index is 0.0251. The van der Waals surface area contributed by atoms with E-state index in [2.05, 4.69) is 43.0 Å². The van der Waals surface area contributed by atoms with Gasteiger partial charge in [0, 0.05) is 56.0 Å². The van der Waals surface area contributed by atoms with Gasteiger partial charge in [-0.05, 0) is 43.7 Å². The number of carbonyl (C=O) groups is 2. The molecule has 0 bridgehead atoms. The molecule has 2 heterocycles. The van der Waals surface area contributed by atoms with Crippen LogP contribution in [0.15, 0.2) is 48.5 Å². The first-order valence-corrected chi connectivity index (χ1v) is 11.2. The maximum atomic E-state index is 12.9. The number of anilines is 1. The van der Waals surface area contributed by atoms with Crippen molar-refractivity contribution in [1.82, 2.24) is 14.7 Å². The Morgan fingerprint density at radius 2 is 1.65 bits per heavy atom. The van der Waals surface area contributed by atoms with Gasteiger partial charge in [-0.3, -0.25) is 4.79 Å². The maximum absolute atomic E-state index is 12.9. The Kier molecular flexibility index (Phi) is 6.37. The largest absolute Gasteiger partial charge is 0.365 e. The minimum atomic E-state index is -0.0744. The number of amides is 3. The van der Waals surface area contributed by atoms with E-state index in [0.717, 1.165) is 12.1 Å². The number of hydrogen-bond donors (Lipinski definition) is 0. The molecule has 4 rings (SSSR count). The van der Waals surface area contributed by atoms with E-state index in [1.165, 1.54) is 11.3 Å². The quantitative estimate of drug-likeness (QED) is 0.713. The van der Waals surface area contributed by atoms with Crippen LogP contribution in [0.25, 0.3) is 0 Å². The molecule has 2 saturated heterocycles. The van der Waals surface area contributed by atoms with Gasteiger partial charge in [0.1, 0.15) is 6.54 Å². The highest BCUT2D eigenvalue weighted by molar-refractivity contribution is 6.30. The highest BCUT2D eigenvalue weighted by atomic mass is 35.5. The lowest BCUT2D eigenvalue weighted by Gasteiger charge is -2.41. The smallest absolute Gasteiger partial charge is 0.320 e. The summed E-state index contributed by atoms with van der Waals surface area (Å²) in [5.74, 6) is 0.0251. The molecule has 3 amide bonds. The van der Waals surface area contributed by atoms with Crippen LogP contribution in [-0.4, -0.2) is 71.9 Å². The van der Waals surface area contributed by atoms with E-state index >= 15 is 0 Å². The van der Waals surface area contributed by atoms with Gasteiger partial charge in [0.05, 0.1) is 0 Å². The first kappa shape index (κ1) is 21.5. The third-order valence-corrected chi connectivity index (χ3v) is 6.39. The predicted molar refractivity (Wildman–Crippen MR) is 123 cm³/mol. The minimum Gasteiger partial charge on any atom is -0.365 e. The zero-order valence-electron chi connectivity index (χ0n) is 18.1. The number of benzene rings is 2. The predicted octanol–water partition coefficient (Wildman–Crippen LogP) is 3.62. The summed E-state index contributed by atoms with van der Waals surface area (Å²) in [5, 5.41) is 0.681. The molecule has 2 aromatic rings. The van der Waals surface area contributed by atoms with Gasteiger partial charge in [0.25, 0.3) is 0 Å². The van der Waals surface area contributed by atoms with Crippen LogP contribution in [0, 0.1) is 6.92 Å². The Labute approximate surface area is 189 Å². The molecular weight excluding hydrogens is 412 g/mol. The standard InChI is InChI=1S/C24H29ClN4O2/c1-18-3-9-22(10-4-18)29-14-13-26(15-19(29)2)23(30)17-28-12-11-27(24(28)31)16-20-5-7-21(25)8-6-20/h3-10,19H,11-17H2,1-2H3/t19-/m0/s1. The number of halogens is 1. The van der Waals surface area contributed by atoms with Crippen molar-refractivity contribution in [3.05, 3.63) is 64.7 Å². The van der Waals surface area contributed by atoms with Crippen molar-refractivity contribution in [1.29, 1.82) is 0 Å². The van der Waals surface area contributed by atoms with Crippen molar-refractivity contribution in [3.63, 3.8) is 0 Å². The third-order valence-electron chi connectivity index (χ3n) is 6.14. The van der Waals surface area contributed by atoms with Crippen LogP contribution in [0.4, 0.5) is 10.5 Å². The summed E-state index contributed by atoms with van der Waals surface area (Å²) in [6, 6.07) is 16.2. The highest BCUT2D eigenvalue weighted by Gasteiger charge is 2.33. The Morgan fingerprint density at radius 3 is 2.32 bits per heavy atom. The van der Waals surface area contributed by atoms with Gasteiger partial charge in [-0.2, -0.15) is 0 Å². The fourth-order valence-corrected chi connectivity index (χ4v) is 4.43. The summed E-state index contributed by atoms with van der Waals surface area (Å²) in [7, 11) is 0. The number of carbonyl (C=O) groups excluding carboxylic acids is 2. The summed E-state index contributed by atoms with van der Waals surface area (Å²) in [4.78, 5) is 33.4. The molecule has 0 unspecified atom stereocenters. The summed E-state index contributed by atoms with van der Waals surface area (Å²) in [6.07, 6.45) is 0. The van der Waals surface area contributed by atoms with E-state index in [0.29, 0.717) is 37.7 Å². The van der Waals surface area contributed by atoms with Crippen LogP contribution in [0.2, 0.25) is 5.02 Å². The van der Waals surface area contributed by atoms with E-state index in [-0.39, 0.29) is 24.5 Å². The molecule has 2 aromatic carbocycles. The average Bonchev–Trinajstić information content (AvgIpc) is 3.09. The lowest BCUT2D eigenvalue weighted by Crippen LogP contribution is -2.55. The average molecular weight is 441 g/mol. The maximum Gasteiger partial charge on any atom is 0.320 e. The number of aryl methyl sites for hydroxylation is 1. The molecule has 0 aliphatic carbocycles. The molecule has 7 heteroatoms. The van der Waals surface area contributed by atoms with Crippen molar-refractivity contribution in [3.8, 4) is 0 Å². The van der Waals surface area contributed by atoms with Crippen molar-refractivity contribution in [2.75, 3.05) is 44.2 Å². The van der Waals surface area contributed by atoms with Crippen molar-refractivity contribution in [2.45, 2.75) is 26.4 Å². The monoisotopic (exact) mass is 440 g/mol. The van der Waals surface area contributed by atoms with Crippen LogP contribution in [0.5, 0.6) is 0 Å². The Hall–Kier alpha value is -2.73. The van der Waals surface area contributed by atoms with Gasteiger partial charge >= 0.3 is 6.03 Å². The zero-order chi connectivity index (χ0) is 22.0. The lowest BCUT2D eigenvalue weighted by atomic mass is 10.1. The van der Waals surface area contributed by atoms with E-state index in [9.17, 15) is 9.59 Å². The second kappa shape index (κ2) is 9.18. The topological polar surface area (TPSA) is 47.1 Å². The van der Waals surface area contributed by atoms with Crippen molar-refractivity contribution in [2.24, 2.45) is 0 Å². The molecule has 2 fully saturated rings. The number of nitrogens with zero attached hydrogens (tertiary/aromatic N) is 4.